The fraction of sp³-hybridized carbons (Fsp3) is 0.320. The molecule has 5 heteroatoms. The van der Waals surface area contributed by atoms with E-state index < -0.39 is 0 Å². The molecular weight excluding hydrogens is 374 g/mol. The summed E-state index contributed by atoms with van der Waals surface area (Å²) in [5, 5.41) is 0. The number of ether oxygens (including phenoxy) is 1. The van der Waals surface area contributed by atoms with E-state index in [9.17, 15) is 4.79 Å². The van der Waals surface area contributed by atoms with E-state index in [0.717, 1.165) is 37.6 Å². The second-order valence-corrected chi connectivity index (χ2v) is 7.75. The summed E-state index contributed by atoms with van der Waals surface area (Å²) in [4.78, 5) is 17.5. The molecule has 2 aromatic carbocycles. The number of hydrogen-bond acceptors (Lipinski definition) is 3. The van der Waals surface area contributed by atoms with Gasteiger partial charge in [-0.05, 0) is 42.3 Å². The van der Waals surface area contributed by atoms with Crippen LogP contribution >= 0.6 is 0 Å². The molecule has 1 aliphatic rings. The Morgan fingerprint density at radius 1 is 0.933 bits per heavy atom. The number of carbonyl (C=O) groups excluding carboxylic acids is 1. The van der Waals surface area contributed by atoms with Crippen molar-refractivity contribution in [1.82, 2.24) is 9.47 Å². The van der Waals surface area contributed by atoms with Crippen molar-refractivity contribution in [3.63, 3.8) is 0 Å². The molecule has 0 radical (unpaired) electrons. The van der Waals surface area contributed by atoms with Gasteiger partial charge in [0.15, 0.2) is 0 Å². The van der Waals surface area contributed by atoms with Crippen LogP contribution in [0.15, 0.2) is 73.1 Å². The molecule has 30 heavy (non-hydrogen) atoms. The number of amides is 1. The first-order chi connectivity index (χ1) is 14.7. The third kappa shape index (κ3) is 4.20. The molecule has 5 nitrogen and oxygen atoms in total. The lowest BCUT2D eigenvalue weighted by Crippen LogP contribution is -2.49. The van der Waals surface area contributed by atoms with Crippen LogP contribution in [0.3, 0.4) is 0 Å². The number of aryl methyl sites for hydroxylation is 1. The van der Waals surface area contributed by atoms with Crippen LogP contribution in [-0.4, -0.2) is 48.7 Å². The fourth-order valence-electron chi connectivity index (χ4n) is 4.27. The number of anilines is 1. The van der Waals surface area contributed by atoms with Crippen molar-refractivity contribution in [3.05, 3.63) is 84.2 Å². The number of piperazine rings is 1. The number of carbonyl (C=O) groups is 1. The number of methoxy groups -OCH3 is 1. The number of nitrogens with zero attached hydrogens (tertiary/aromatic N) is 3. The van der Waals surface area contributed by atoms with Gasteiger partial charge in [-0.2, -0.15) is 0 Å². The topological polar surface area (TPSA) is 37.7 Å². The van der Waals surface area contributed by atoms with Crippen LogP contribution in [0.5, 0.6) is 5.75 Å². The first-order valence-electron chi connectivity index (χ1n) is 10.5. The molecule has 0 spiro atoms. The summed E-state index contributed by atoms with van der Waals surface area (Å²) >= 11 is 0. The lowest BCUT2D eigenvalue weighted by atomic mass is 9.98. The Hall–Kier alpha value is -3.21. The Morgan fingerprint density at radius 3 is 2.30 bits per heavy atom. The minimum Gasteiger partial charge on any atom is -0.495 e. The van der Waals surface area contributed by atoms with Gasteiger partial charge in [0, 0.05) is 38.6 Å². The predicted octanol–water partition coefficient (Wildman–Crippen LogP) is 4.13. The van der Waals surface area contributed by atoms with Gasteiger partial charge in [-0.25, -0.2) is 0 Å². The van der Waals surface area contributed by atoms with E-state index in [1.165, 1.54) is 11.1 Å². The number of benzene rings is 2. The highest BCUT2D eigenvalue weighted by Gasteiger charge is 2.26. The second kappa shape index (κ2) is 9.08. The zero-order valence-electron chi connectivity index (χ0n) is 17.7. The van der Waals surface area contributed by atoms with Crippen molar-refractivity contribution in [1.29, 1.82) is 0 Å². The minimum atomic E-state index is 0.0148. The molecule has 1 fully saturated rings. The van der Waals surface area contributed by atoms with Crippen molar-refractivity contribution in [3.8, 4) is 5.75 Å². The van der Waals surface area contributed by atoms with Crippen LogP contribution in [-0.2, 0) is 4.79 Å². The number of aromatic nitrogens is 1. The van der Waals surface area contributed by atoms with Crippen LogP contribution in [0, 0.1) is 6.92 Å². The van der Waals surface area contributed by atoms with Gasteiger partial charge in [0.25, 0.3) is 0 Å². The van der Waals surface area contributed by atoms with Gasteiger partial charge in [-0.15, -0.1) is 0 Å². The molecule has 4 rings (SSSR count). The Balaban J connectivity index is 1.45. The summed E-state index contributed by atoms with van der Waals surface area (Å²) in [6.07, 6.45) is 4.56. The standard InChI is InChI=1S/C25H29N3O2/c1-20-9-3-4-10-21(20)23(26-13-7-8-14-26)19-25(29)28-17-15-27(16-18-28)22-11-5-6-12-24(22)30-2/h3-14,23H,15-19H2,1-2H3/t23-/m1/s1. The van der Waals surface area contributed by atoms with Crippen LogP contribution in [0.4, 0.5) is 5.69 Å². The fourth-order valence-corrected chi connectivity index (χ4v) is 4.27. The van der Waals surface area contributed by atoms with Crippen LogP contribution < -0.4 is 9.64 Å². The highest BCUT2D eigenvalue weighted by Crippen LogP contribution is 2.29. The van der Waals surface area contributed by atoms with Gasteiger partial charge >= 0.3 is 0 Å². The van der Waals surface area contributed by atoms with E-state index >= 15 is 0 Å². The average Bonchev–Trinajstić information content (AvgIpc) is 3.33. The minimum absolute atomic E-state index is 0.0148. The Morgan fingerprint density at radius 2 is 1.60 bits per heavy atom. The van der Waals surface area contributed by atoms with E-state index in [4.69, 9.17) is 4.74 Å². The SMILES string of the molecule is COc1ccccc1N1CCN(C(=O)C[C@H](c2ccccc2C)n2cccc2)CC1. The molecule has 1 saturated heterocycles. The summed E-state index contributed by atoms with van der Waals surface area (Å²) in [7, 11) is 1.70. The summed E-state index contributed by atoms with van der Waals surface area (Å²) in [6, 6.07) is 20.5. The Kier molecular flexibility index (Phi) is 6.07. The highest BCUT2D eigenvalue weighted by atomic mass is 16.5. The van der Waals surface area contributed by atoms with E-state index in [1.807, 2.05) is 53.7 Å². The largest absolute Gasteiger partial charge is 0.495 e. The molecule has 156 valence electrons. The third-order valence-electron chi connectivity index (χ3n) is 5.96. The van der Waals surface area contributed by atoms with E-state index in [-0.39, 0.29) is 11.9 Å². The third-order valence-corrected chi connectivity index (χ3v) is 5.96. The first kappa shape index (κ1) is 20.1. The van der Waals surface area contributed by atoms with Crippen LogP contribution in [0.25, 0.3) is 0 Å². The normalized spacial score (nSPS) is 15.1. The van der Waals surface area contributed by atoms with Gasteiger partial charge in [-0.1, -0.05) is 36.4 Å². The number of para-hydroxylation sites is 2. The van der Waals surface area contributed by atoms with Gasteiger partial charge in [0.2, 0.25) is 5.91 Å². The smallest absolute Gasteiger partial charge is 0.225 e. The van der Waals surface area contributed by atoms with E-state index in [2.05, 4.69) is 40.7 Å². The molecular formula is C25H29N3O2. The van der Waals surface area contributed by atoms with Crippen molar-refractivity contribution in [2.24, 2.45) is 0 Å². The first-order valence-corrected chi connectivity index (χ1v) is 10.5. The molecule has 0 bridgehead atoms. The average molecular weight is 404 g/mol. The molecule has 0 aliphatic carbocycles. The Bertz CT molecular complexity index is 976. The lowest BCUT2D eigenvalue weighted by Gasteiger charge is -2.37. The molecule has 1 aromatic heterocycles. The Labute approximate surface area is 178 Å². The van der Waals surface area contributed by atoms with Crippen LogP contribution in [0.2, 0.25) is 0 Å². The molecule has 1 amide bonds. The monoisotopic (exact) mass is 403 g/mol. The lowest BCUT2D eigenvalue weighted by molar-refractivity contribution is -0.132. The maximum atomic E-state index is 13.2. The van der Waals surface area contributed by atoms with Gasteiger partial charge in [0.1, 0.15) is 5.75 Å². The van der Waals surface area contributed by atoms with Gasteiger partial charge in [0.05, 0.1) is 25.3 Å². The molecule has 0 saturated carbocycles. The number of rotatable bonds is 6. The summed E-state index contributed by atoms with van der Waals surface area (Å²) in [5.41, 5.74) is 3.51. The quantitative estimate of drug-likeness (QED) is 0.621. The maximum absolute atomic E-state index is 13.2. The summed E-state index contributed by atoms with van der Waals surface area (Å²) in [6.45, 7) is 5.18. The van der Waals surface area contributed by atoms with Crippen molar-refractivity contribution in [2.75, 3.05) is 38.2 Å². The highest BCUT2D eigenvalue weighted by molar-refractivity contribution is 5.77. The van der Waals surface area contributed by atoms with Crippen molar-refractivity contribution < 1.29 is 9.53 Å². The molecule has 0 N–H and O–H groups in total. The van der Waals surface area contributed by atoms with Gasteiger partial charge in [-0.3, -0.25) is 4.79 Å². The van der Waals surface area contributed by atoms with Crippen LogP contribution in [0.1, 0.15) is 23.6 Å². The zero-order chi connectivity index (χ0) is 20.9. The zero-order valence-corrected chi connectivity index (χ0v) is 17.7. The number of hydrogen-bond donors (Lipinski definition) is 0. The molecule has 1 atom stereocenters. The predicted molar refractivity (Wildman–Crippen MR) is 120 cm³/mol. The summed E-state index contributed by atoms with van der Waals surface area (Å²) < 4.78 is 7.65. The second-order valence-electron chi connectivity index (χ2n) is 7.75. The molecule has 0 unspecified atom stereocenters. The van der Waals surface area contributed by atoms with Crippen molar-refractivity contribution in [2.45, 2.75) is 19.4 Å². The summed E-state index contributed by atoms with van der Waals surface area (Å²) in [5.74, 6) is 1.08. The molecule has 2 heterocycles. The van der Waals surface area contributed by atoms with Gasteiger partial charge < -0.3 is 19.1 Å². The molecule has 1 aliphatic heterocycles. The van der Waals surface area contributed by atoms with E-state index in [1.54, 1.807) is 7.11 Å². The maximum Gasteiger partial charge on any atom is 0.225 e. The van der Waals surface area contributed by atoms with E-state index in [0.29, 0.717) is 6.42 Å². The molecule has 3 aromatic rings. The van der Waals surface area contributed by atoms with Crippen molar-refractivity contribution >= 4 is 11.6 Å².